The Labute approximate surface area is 157 Å². The minimum absolute atomic E-state index is 0.400. The van der Waals surface area contributed by atoms with E-state index in [0.29, 0.717) is 22.8 Å². The first kappa shape index (κ1) is 17.7. The van der Waals surface area contributed by atoms with Gasteiger partial charge in [-0.25, -0.2) is 4.98 Å². The average Bonchev–Trinajstić information content (AvgIpc) is 3.14. The van der Waals surface area contributed by atoms with E-state index in [-0.39, 0.29) is 0 Å². The van der Waals surface area contributed by atoms with Crippen molar-refractivity contribution in [2.24, 2.45) is 0 Å². The number of rotatable bonds is 5. The van der Waals surface area contributed by atoms with E-state index in [2.05, 4.69) is 25.5 Å². The standard InChI is InChI=1S/C17H20ClN5OS/c1-24-13-6-4-12(5-7-13)11-19-17(25)22-16-20-14(18)10-15(21-16)23-8-2-3-9-23/h4-7,10H,2-3,8-9,11H2,1H3,(H2,19,20,21,22,25). The molecule has 8 heteroatoms. The number of benzene rings is 1. The van der Waals surface area contributed by atoms with Gasteiger partial charge in [0.05, 0.1) is 7.11 Å². The second-order valence-electron chi connectivity index (χ2n) is 5.72. The van der Waals surface area contributed by atoms with Crippen molar-refractivity contribution in [1.29, 1.82) is 0 Å². The third-order valence-electron chi connectivity index (χ3n) is 3.95. The highest BCUT2D eigenvalue weighted by Crippen LogP contribution is 2.22. The van der Waals surface area contributed by atoms with E-state index in [9.17, 15) is 0 Å². The number of aromatic nitrogens is 2. The van der Waals surface area contributed by atoms with E-state index >= 15 is 0 Å². The summed E-state index contributed by atoms with van der Waals surface area (Å²) >= 11 is 11.4. The summed E-state index contributed by atoms with van der Waals surface area (Å²) in [6.45, 7) is 2.58. The molecular formula is C17H20ClN5OS. The molecule has 1 aromatic carbocycles. The number of halogens is 1. The van der Waals surface area contributed by atoms with Crippen molar-refractivity contribution in [3.63, 3.8) is 0 Å². The maximum Gasteiger partial charge on any atom is 0.232 e. The highest BCUT2D eigenvalue weighted by atomic mass is 35.5. The minimum atomic E-state index is 0.400. The van der Waals surface area contributed by atoms with Crippen LogP contribution in [0.2, 0.25) is 5.15 Å². The summed E-state index contributed by atoms with van der Waals surface area (Å²) in [5.74, 6) is 2.06. The van der Waals surface area contributed by atoms with Crippen molar-refractivity contribution >= 4 is 40.7 Å². The molecule has 2 aromatic rings. The molecule has 0 bridgehead atoms. The van der Waals surface area contributed by atoms with E-state index < -0.39 is 0 Å². The van der Waals surface area contributed by atoms with Crippen molar-refractivity contribution in [2.75, 3.05) is 30.4 Å². The molecule has 0 saturated carbocycles. The van der Waals surface area contributed by atoms with Gasteiger partial charge < -0.3 is 20.3 Å². The molecule has 0 aliphatic carbocycles. The second-order valence-corrected chi connectivity index (χ2v) is 6.52. The topological polar surface area (TPSA) is 62.3 Å². The van der Waals surface area contributed by atoms with E-state index in [1.54, 1.807) is 13.2 Å². The molecular weight excluding hydrogens is 358 g/mol. The Hall–Kier alpha value is -2.12. The zero-order valence-electron chi connectivity index (χ0n) is 14.0. The van der Waals surface area contributed by atoms with Gasteiger partial charge in [0, 0.05) is 25.7 Å². The number of nitrogens with one attached hydrogen (secondary N) is 2. The predicted molar refractivity (Wildman–Crippen MR) is 105 cm³/mol. The molecule has 1 fully saturated rings. The molecule has 0 unspecified atom stereocenters. The molecule has 25 heavy (non-hydrogen) atoms. The van der Waals surface area contributed by atoms with E-state index in [1.165, 1.54) is 12.8 Å². The van der Waals surface area contributed by atoms with Crippen LogP contribution in [-0.4, -0.2) is 35.3 Å². The number of methoxy groups -OCH3 is 1. The number of hydrogen-bond acceptors (Lipinski definition) is 5. The molecule has 3 rings (SSSR count). The number of anilines is 2. The van der Waals surface area contributed by atoms with Gasteiger partial charge in [0.2, 0.25) is 5.95 Å². The van der Waals surface area contributed by atoms with Gasteiger partial charge in [0.1, 0.15) is 16.7 Å². The molecule has 1 aromatic heterocycles. The lowest BCUT2D eigenvalue weighted by molar-refractivity contribution is 0.414. The zero-order chi connectivity index (χ0) is 17.6. The van der Waals surface area contributed by atoms with Gasteiger partial charge in [0.25, 0.3) is 0 Å². The van der Waals surface area contributed by atoms with Crippen molar-refractivity contribution in [1.82, 2.24) is 15.3 Å². The Morgan fingerprint density at radius 2 is 1.96 bits per heavy atom. The molecule has 0 radical (unpaired) electrons. The fourth-order valence-electron chi connectivity index (χ4n) is 2.64. The summed E-state index contributed by atoms with van der Waals surface area (Å²) < 4.78 is 5.15. The van der Waals surface area contributed by atoms with Crippen molar-refractivity contribution in [2.45, 2.75) is 19.4 Å². The molecule has 1 aliphatic rings. The minimum Gasteiger partial charge on any atom is -0.497 e. The van der Waals surface area contributed by atoms with Crippen molar-refractivity contribution < 1.29 is 4.74 Å². The van der Waals surface area contributed by atoms with Gasteiger partial charge in [-0.05, 0) is 42.8 Å². The molecule has 0 amide bonds. The molecule has 0 spiro atoms. The van der Waals surface area contributed by atoms with Gasteiger partial charge in [0.15, 0.2) is 5.11 Å². The third-order valence-corrected chi connectivity index (χ3v) is 4.39. The predicted octanol–water partition coefficient (Wildman–Crippen LogP) is 3.23. The fraction of sp³-hybridized carbons (Fsp3) is 0.353. The zero-order valence-corrected chi connectivity index (χ0v) is 15.5. The summed E-state index contributed by atoms with van der Waals surface area (Å²) in [6.07, 6.45) is 2.35. The van der Waals surface area contributed by atoms with Crippen LogP contribution in [0.25, 0.3) is 0 Å². The molecule has 1 saturated heterocycles. The van der Waals surface area contributed by atoms with E-state index in [4.69, 9.17) is 28.6 Å². The van der Waals surface area contributed by atoms with E-state index in [1.807, 2.05) is 24.3 Å². The summed E-state index contributed by atoms with van der Waals surface area (Å²) in [5.41, 5.74) is 1.09. The maximum absolute atomic E-state index is 6.12. The number of hydrogen-bond donors (Lipinski definition) is 2. The number of nitrogens with zero attached hydrogens (tertiary/aromatic N) is 3. The van der Waals surface area contributed by atoms with Crippen LogP contribution in [0, 0.1) is 0 Å². The molecule has 2 heterocycles. The van der Waals surface area contributed by atoms with Gasteiger partial charge in [-0.3, -0.25) is 0 Å². The smallest absolute Gasteiger partial charge is 0.232 e. The van der Waals surface area contributed by atoms with Crippen LogP contribution in [0.1, 0.15) is 18.4 Å². The summed E-state index contributed by atoms with van der Waals surface area (Å²) in [5, 5.41) is 6.99. The van der Waals surface area contributed by atoms with Gasteiger partial charge >= 0.3 is 0 Å². The first-order valence-electron chi connectivity index (χ1n) is 8.11. The lowest BCUT2D eigenvalue weighted by atomic mass is 10.2. The largest absolute Gasteiger partial charge is 0.497 e. The third kappa shape index (κ3) is 4.93. The van der Waals surface area contributed by atoms with Crippen molar-refractivity contribution in [3.05, 3.63) is 41.0 Å². The second kappa shape index (κ2) is 8.31. The Balaban J connectivity index is 1.58. The quantitative estimate of drug-likeness (QED) is 0.612. The SMILES string of the molecule is COc1ccc(CNC(=S)Nc2nc(Cl)cc(N3CCCC3)n2)cc1. The Bertz CT molecular complexity index is 734. The lowest BCUT2D eigenvalue weighted by Gasteiger charge is -2.17. The summed E-state index contributed by atoms with van der Waals surface area (Å²) in [4.78, 5) is 10.9. The Morgan fingerprint density at radius 3 is 2.64 bits per heavy atom. The first-order valence-corrected chi connectivity index (χ1v) is 8.90. The molecule has 6 nitrogen and oxygen atoms in total. The maximum atomic E-state index is 6.12. The van der Waals surface area contributed by atoms with E-state index in [0.717, 1.165) is 30.2 Å². The lowest BCUT2D eigenvalue weighted by Crippen LogP contribution is -2.29. The average molecular weight is 378 g/mol. The number of thiocarbonyl (C=S) groups is 1. The molecule has 2 N–H and O–H groups in total. The van der Waals surface area contributed by atoms with Gasteiger partial charge in [-0.15, -0.1) is 0 Å². The van der Waals surface area contributed by atoms with Gasteiger partial charge in [-0.2, -0.15) is 4.98 Å². The Morgan fingerprint density at radius 1 is 1.24 bits per heavy atom. The first-order chi connectivity index (χ1) is 12.1. The van der Waals surface area contributed by atoms with Crippen LogP contribution in [0.3, 0.4) is 0 Å². The normalized spacial score (nSPS) is 13.6. The van der Waals surface area contributed by atoms with Crippen LogP contribution in [0.15, 0.2) is 30.3 Å². The monoisotopic (exact) mass is 377 g/mol. The van der Waals surface area contributed by atoms with Crippen LogP contribution in [0.4, 0.5) is 11.8 Å². The fourth-order valence-corrected chi connectivity index (χ4v) is 2.98. The Kier molecular flexibility index (Phi) is 5.88. The highest BCUT2D eigenvalue weighted by Gasteiger charge is 2.15. The number of ether oxygens (including phenoxy) is 1. The summed E-state index contributed by atoms with van der Waals surface area (Å²) in [7, 11) is 1.65. The van der Waals surface area contributed by atoms with Gasteiger partial charge in [-0.1, -0.05) is 23.7 Å². The van der Waals surface area contributed by atoms with Crippen LogP contribution in [0.5, 0.6) is 5.75 Å². The molecule has 0 atom stereocenters. The van der Waals surface area contributed by atoms with Crippen LogP contribution in [-0.2, 0) is 6.54 Å². The van der Waals surface area contributed by atoms with Crippen LogP contribution >= 0.6 is 23.8 Å². The van der Waals surface area contributed by atoms with Crippen molar-refractivity contribution in [3.8, 4) is 5.75 Å². The molecule has 132 valence electrons. The van der Waals surface area contributed by atoms with Crippen LogP contribution < -0.4 is 20.3 Å². The molecule has 1 aliphatic heterocycles. The summed E-state index contributed by atoms with van der Waals surface area (Å²) in [6, 6.07) is 9.57. The highest BCUT2D eigenvalue weighted by molar-refractivity contribution is 7.80.